The molecule has 6 heteroatoms. The molecule has 0 aliphatic carbocycles. The normalized spacial score (nSPS) is 12.3. The highest BCUT2D eigenvalue weighted by molar-refractivity contribution is 7.15. The highest BCUT2D eigenvalue weighted by Crippen LogP contribution is 2.19. The van der Waals surface area contributed by atoms with E-state index in [2.05, 4.69) is 10.1 Å². The minimum Gasteiger partial charge on any atom is -0.496 e. The Hall–Kier alpha value is -3.25. The van der Waals surface area contributed by atoms with Crippen molar-refractivity contribution >= 4 is 28.4 Å². The fraction of sp³-hybridized carbons (Fsp3) is 0.0952. The number of allylic oxidation sites excluding steroid dienone is 1. The number of methoxy groups -OCH3 is 1. The number of rotatable bonds is 4. The van der Waals surface area contributed by atoms with Gasteiger partial charge in [0, 0.05) is 11.1 Å². The van der Waals surface area contributed by atoms with Crippen LogP contribution in [0.3, 0.4) is 0 Å². The van der Waals surface area contributed by atoms with Crippen LogP contribution in [0.25, 0.3) is 28.5 Å². The number of nitrogens with zero attached hydrogens (tertiary/aromatic N) is 3. The minimum atomic E-state index is -0.161. The van der Waals surface area contributed by atoms with Gasteiger partial charge in [-0.15, -0.1) is 5.10 Å². The summed E-state index contributed by atoms with van der Waals surface area (Å²) in [6.45, 7) is 2.02. The molecule has 2 aromatic heterocycles. The second-order valence-corrected chi connectivity index (χ2v) is 7.05. The SMILES string of the molecule is COc1ccccc1C=CC=c1sc2nc(-c3cccc(C)c3)nn2c1=O. The van der Waals surface area contributed by atoms with Gasteiger partial charge < -0.3 is 4.74 Å². The third-order valence-electron chi connectivity index (χ3n) is 4.12. The van der Waals surface area contributed by atoms with Gasteiger partial charge in [-0.2, -0.15) is 9.50 Å². The van der Waals surface area contributed by atoms with Crippen LogP contribution in [0.15, 0.2) is 59.4 Å². The molecule has 0 amide bonds. The zero-order chi connectivity index (χ0) is 18.8. The largest absolute Gasteiger partial charge is 0.496 e. The molecule has 0 radical (unpaired) electrons. The molecule has 2 heterocycles. The molecular formula is C21H17N3O2S. The van der Waals surface area contributed by atoms with Crippen LogP contribution in [0.4, 0.5) is 0 Å². The smallest absolute Gasteiger partial charge is 0.291 e. The molecule has 0 saturated carbocycles. The Morgan fingerprint density at radius 2 is 2.00 bits per heavy atom. The number of aryl methyl sites for hydroxylation is 1. The van der Waals surface area contributed by atoms with Gasteiger partial charge in [0.1, 0.15) is 5.75 Å². The Morgan fingerprint density at radius 1 is 1.15 bits per heavy atom. The Morgan fingerprint density at radius 3 is 2.78 bits per heavy atom. The summed E-state index contributed by atoms with van der Waals surface area (Å²) < 4.78 is 7.28. The molecule has 134 valence electrons. The first-order chi connectivity index (χ1) is 13.2. The van der Waals surface area contributed by atoms with Crippen LogP contribution in [0.1, 0.15) is 11.1 Å². The molecule has 0 spiro atoms. The zero-order valence-electron chi connectivity index (χ0n) is 14.9. The van der Waals surface area contributed by atoms with Gasteiger partial charge in [0.05, 0.1) is 11.6 Å². The molecule has 0 atom stereocenters. The van der Waals surface area contributed by atoms with Crippen molar-refractivity contribution in [3.8, 4) is 17.1 Å². The lowest BCUT2D eigenvalue weighted by atomic mass is 10.1. The molecule has 0 fully saturated rings. The Balaban J connectivity index is 1.68. The molecule has 0 aliphatic heterocycles. The van der Waals surface area contributed by atoms with E-state index in [9.17, 15) is 4.79 Å². The molecule has 0 saturated heterocycles. The Kier molecular flexibility index (Phi) is 4.56. The lowest BCUT2D eigenvalue weighted by molar-refractivity contribution is 0.414. The second kappa shape index (κ2) is 7.17. The van der Waals surface area contributed by atoms with E-state index in [0.29, 0.717) is 15.3 Å². The monoisotopic (exact) mass is 375 g/mol. The van der Waals surface area contributed by atoms with Crippen molar-refractivity contribution in [3.63, 3.8) is 0 Å². The third kappa shape index (κ3) is 3.39. The van der Waals surface area contributed by atoms with E-state index in [-0.39, 0.29) is 5.56 Å². The van der Waals surface area contributed by atoms with Crippen molar-refractivity contribution in [1.82, 2.24) is 14.6 Å². The summed E-state index contributed by atoms with van der Waals surface area (Å²) >= 11 is 1.33. The first-order valence-electron chi connectivity index (χ1n) is 8.44. The number of fused-ring (bicyclic) bond motifs is 1. The fourth-order valence-electron chi connectivity index (χ4n) is 2.80. The van der Waals surface area contributed by atoms with Crippen LogP contribution in [0.2, 0.25) is 0 Å². The summed E-state index contributed by atoms with van der Waals surface area (Å²) in [4.78, 5) is 17.7. The van der Waals surface area contributed by atoms with Crippen molar-refractivity contribution in [2.45, 2.75) is 6.92 Å². The standard InChI is InChI=1S/C21H17N3O2S/c1-14-7-5-10-16(13-14)19-22-21-24(23-19)20(25)18(27-21)12-6-9-15-8-3-4-11-17(15)26-2/h3-13H,1-2H3. The quantitative estimate of drug-likeness (QED) is 0.549. The number of hydrogen-bond donors (Lipinski definition) is 0. The first-order valence-corrected chi connectivity index (χ1v) is 9.25. The minimum absolute atomic E-state index is 0.161. The van der Waals surface area contributed by atoms with E-state index >= 15 is 0 Å². The molecule has 4 aromatic rings. The predicted molar refractivity (Wildman–Crippen MR) is 109 cm³/mol. The summed E-state index contributed by atoms with van der Waals surface area (Å²) in [7, 11) is 1.64. The second-order valence-electron chi connectivity index (χ2n) is 6.04. The van der Waals surface area contributed by atoms with E-state index in [1.54, 1.807) is 13.2 Å². The highest BCUT2D eigenvalue weighted by atomic mass is 32.1. The van der Waals surface area contributed by atoms with Gasteiger partial charge in [-0.05, 0) is 25.1 Å². The lowest BCUT2D eigenvalue weighted by Gasteiger charge is -2.02. The maximum Gasteiger partial charge on any atom is 0.291 e. The molecule has 0 unspecified atom stereocenters. The first kappa shape index (κ1) is 17.2. The van der Waals surface area contributed by atoms with Crippen molar-refractivity contribution in [3.05, 3.63) is 80.6 Å². The molecule has 0 aliphatic rings. The molecule has 5 nitrogen and oxygen atoms in total. The van der Waals surface area contributed by atoms with Crippen LogP contribution in [-0.2, 0) is 0 Å². The Bertz CT molecular complexity index is 1250. The topological polar surface area (TPSA) is 56.5 Å². The van der Waals surface area contributed by atoms with Gasteiger partial charge >= 0.3 is 0 Å². The molecule has 2 aromatic carbocycles. The van der Waals surface area contributed by atoms with Crippen LogP contribution in [-0.4, -0.2) is 21.7 Å². The van der Waals surface area contributed by atoms with Crippen LogP contribution in [0, 0.1) is 6.92 Å². The average Bonchev–Trinajstić information content (AvgIpc) is 3.22. The number of hydrogen-bond acceptors (Lipinski definition) is 5. The van der Waals surface area contributed by atoms with E-state index in [4.69, 9.17) is 4.74 Å². The van der Waals surface area contributed by atoms with Gasteiger partial charge in [-0.25, -0.2) is 0 Å². The van der Waals surface area contributed by atoms with Crippen molar-refractivity contribution in [2.24, 2.45) is 0 Å². The van der Waals surface area contributed by atoms with Crippen molar-refractivity contribution in [1.29, 1.82) is 0 Å². The average molecular weight is 375 g/mol. The predicted octanol–water partition coefficient (Wildman–Crippen LogP) is 3.35. The molecule has 4 rings (SSSR count). The van der Waals surface area contributed by atoms with Gasteiger partial charge in [0.15, 0.2) is 5.82 Å². The molecule has 0 bridgehead atoms. The van der Waals surface area contributed by atoms with Gasteiger partial charge in [-0.1, -0.05) is 65.5 Å². The zero-order valence-corrected chi connectivity index (χ0v) is 15.7. The maximum absolute atomic E-state index is 12.6. The number of thiazole rings is 1. The molecule has 27 heavy (non-hydrogen) atoms. The summed E-state index contributed by atoms with van der Waals surface area (Å²) in [6.07, 6.45) is 5.53. The fourth-order valence-corrected chi connectivity index (χ4v) is 3.66. The Labute approximate surface area is 159 Å². The summed E-state index contributed by atoms with van der Waals surface area (Å²) in [5, 5.41) is 4.38. The van der Waals surface area contributed by atoms with Crippen LogP contribution in [0.5, 0.6) is 5.75 Å². The highest BCUT2D eigenvalue weighted by Gasteiger charge is 2.11. The van der Waals surface area contributed by atoms with Crippen LogP contribution < -0.4 is 14.8 Å². The summed E-state index contributed by atoms with van der Waals surface area (Å²) in [5.74, 6) is 1.35. The number of benzene rings is 2. The lowest BCUT2D eigenvalue weighted by Crippen LogP contribution is -2.23. The van der Waals surface area contributed by atoms with E-state index < -0.39 is 0 Å². The van der Waals surface area contributed by atoms with E-state index in [0.717, 1.165) is 22.4 Å². The van der Waals surface area contributed by atoms with Crippen LogP contribution >= 0.6 is 11.3 Å². The summed E-state index contributed by atoms with van der Waals surface area (Å²) in [5.41, 5.74) is 2.83. The van der Waals surface area contributed by atoms with Crippen molar-refractivity contribution < 1.29 is 4.74 Å². The number of para-hydroxylation sites is 1. The summed E-state index contributed by atoms with van der Waals surface area (Å²) in [6, 6.07) is 15.6. The van der Waals surface area contributed by atoms with Gasteiger partial charge in [0.25, 0.3) is 5.56 Å². The van der Waals surface area contributed by atoms with Crippen molar-refractivity contribution in [2.75, 3.05) is 7.11 Å². The number of ether oxygens (including phenoxy) is 1. The van der Waals surface area contributed by atoms with Gasteiger partial charge in [0.2, 0.25) is 4.96 Å². The third-order valence-corrected chi connectivity index (χ3v) is 5.10. The maximum atomic E-state index is 12.6. The number of aromatic nitrogens is 3. The van der Waals surface area contributed by atoms with E-state index in [1.165, 1.54) is 15.9 Å². The molecule has 0 N–H and O–H groups in total. The van der Waals surface area contributed by atoms with Gasteiger partial charge in [-0.3, -0.25) is 4.79 Å². The van der Waals surface area contributed by atoms with E-state index in [1.807, 2.05) is 67.6 Å². The molecular weight excluding hydrogens is 358 g/mol.